The monoisotopic (exact) mass is 180 g/mol. The van der Waals surface area contributed by atoms with Crippen LogP contribution in [-0.4, -0.2) is 18.9 Å². The Morgan fingerprint density at radius 2 is 2.46 bits per heavy atom. The van der Waals surface area contributed by atoms with Crippen molar-refractivity contribution in [3.05, 3.63) is 12.2 Å². The number of Topliss-reactive ketones (excluding diaryl/α,β-unsaturated/α-hetero) is 1. The molecule has 3 heteroatoms. The van der Waals surface area contributed by atoms with Crippen LogP contribution in [0.4, 0.5) is 0 Å². The summed E-state index contributed by atoms with van der Waals surface area (Å²) in [6, 6.07) is 0. The molecule has 0 N–H and O–H groups in total. The first-order valence-electron chi connectivity index (χ1n) is 4.51. The Hall–Kier alpha value is -1.12. The molecule has 0 aliphatic heterocycles. The highest BCUT2D eigenvalue weighted by Crippen LogP contribution is 2.45. The fraction of sp³-hybridized carbons (Fsp3) is 0.600. The molecule has 0 radical (unpaired) electrons. The Kier molecular flexibility index (Phi) is 1.75. The molecule has 2 atom stereocenters. The number of allylic oxidation sites excluding steroid dienone is 1. The van der Waals surface area contributed by atoms with Gasteiger partial charge in [0.05, 0.1) is 7.11 Å². The molecule has 0 aromatic heterocycles. The normalized spacial score (nSPS) is 36.4. The molecule has 0 saturated heterocycles. The first-order chi connectivity index (χ1) is 6.20. The third-order valence-electron chi connectivity index (χ3n) is 3.07. The van der Waals surface area contributed by atoms with Crippen molar-refractivity contribution in [3.63, 3.8) is 0 Å². The van der Waals surface area contributed by atoms with Gasteiger partial charge in [-0.3, -0.25) is 9.59 Å². The van der Waals surface area contributed by atoms with Crippen molar-refractivity contribution in [1.82, 2.24) is 0 Å². The van der Waals surface area contributed by atoms with Crippen LogP contribution in [0.2, 0.25) is 0 Å². The number of carbonyl (C=O) groups is 2. The zero-order valence-corrected chi connectivity index (χ0v) is 7.58. The highest BCUT2D eigenvalue weighted by molar-refractivity contribution is 6.09. The zero-order valence-electron chi connectivity index (χ0n) is 7.58. The first-order valence-corrected chi connectivity index (χ1v) is 4.51. The predicted molar refractivity (Wildman–Crippen MR) is 45.9 cm³/mol. The molecule has 0 aromatic carbocycles. The van der Waals surface area contributed by atoms with Crippen LogP contribution >= 0.6 is 0 Å². The third-order valence-corrected chi connectivity index (χ3v) is 3.07. The van der Waals surface area contributed by atoms with Crippen molar-refractivity contribution in [2.45, 2.75) is 19.3 Å². The number of hydrogen-bond acceptors (Lipinski definition) is 3. The molecule has 2 aliphatic carbocycles. The molecular weight excluding hydrogens is 168 g/mol. The van der Waals surface area contributed by atoms with Gasteiger partial charge in [0.2, 0.25) is 0 Å². The summed E-state index contributed by atoms with van der Waals surface area (Å²) in [7, 11) is 1.33. The molecule has 1 fully saturated rings. The number of carbonyl (C=O) groups excluding carboxylic acids is 2. The minimum absolute atomic E-state index is 0.0573. The molecule has 2 aliphatic rings. The standard InChI is InChI=1S/C10H12O3/c1-13-9(12)10-5-2-3-7(4-6-10)8(10)11/h2,5,7H,3-4,6H2,1H3. The van der Waals surface area contributed by atoms with Crippen LogP contribution in [0.25, 0.3) is 0 Å². The maximum Gasteiger partial charge on any atom is 0.323 e. The van der Waals surface area contributed by atoms with E-state index >= 15 is 0 Å². The van der Waals surface area contributed by atoms with Gasteiger partial charge in [0.15, 0.2) is 5.78 Å². The summed E-state index contributed by atoms with van der Waals surface area (Å²) < 4.78 is 4.67. The minimum atomic E-state index is -0.919. The molecule has 0 heterocycles. The lowest BCUT2D eigenvalue weighted by molar-refractivity contribution is -0.154. The molecule has 2 rings (SSSR count). The zero-order chi connectivity index (χ0) is 9.47. The van der Waals surface area contributed by atoms with Gasteiger partial charge in [-0.2, -0.15) is 0 Å². The van der Waals surface area contributed by atoms with Crippen LogP contribution < -0.4 is 0 Å². The van der Waals surface area contributed by atoms with Crippen molar-refractivity contribution in [3.8, 4) is 0 Å². The number of fused-ring (bicyclic) bond motifs is 2. The van der Waals surface area contributed by atoms with Crippen LogP contribution in [0.3, 0.4) is 0 Å². The summed E-state index contributed by atoms with van der Waals surface area (Å²) in [6.45, 7) is 0. The third kappa shape index (κ3) is 0.961. The summed E-state index contributed by atoms with van der Waals surface area (Å²) in [4.78, 5) is 23.2. The van der Waals surface area contributed by atoms with E-state index in [0.29, 0.717) is 6.42 Å². The summed E-state index contributed by atoms with van der Waals surface area (Å²) in [5, 5.41) is 0. The van der Waals surface area contributed by atoms with E-state index in [4.69, 9.17) is 0 Å². The van der Waals surface area contributed by atoms with Gasteiger partial charge < -0.3 is 4.74 Å². The molecule has 3 nitrogen and oxygen atoms in total. The van der Waals surface area contributed by atoms with Crippen LogP contribution in [-0.2, 0) is 14.3 Å². The average molecular weight is 180 g/mol. The van der Waals surface area contributed by atoms with Crippen molar-refractivity contribution >= 4 is 11.8 Å². The maximum atomic E-state index is 11.8. The molecule has 2 bridgehead atoms. The van der Waals surface area contributed by atoms with Gasteiger partial charge in [-0.1, -0.05) is 12.2 Å². The minimum Gasteiger partial charge on any atom is -0.468 e. The van der Waals surface area contributed by atoms with E-state index in [1.807, 2.05) is 6.08 Å². The fourth-order valence-corrected chi connectivity index (χ4v) is 2.30. The van der Waals surface area contributed by atoms with Crippen LogP contribution in [0.15, 0.2) is 12.2 Å². The summed E-state index contributed by atoms with van der Waals surface area (Å²) >= 11 is 0. The number of ketones is 1. The summed E-state index contributed by atoms with van der Waals surface area (Å²) in [5.41, 5.74) is -0.919. The Labute approximate surface area is 76.8 Å². The molecule has 70 valence electrons. The predicted octanol–water partition coefficient (Wildman–Crippen LogP) is 1.08. The molecule has 13 heavy (non-hydrogen) atoms. The van der Waals surface area contributed by atoms with E-state index < -0.39 is 11.4 Å². The SMILES string of the molecule is COC(=O)C12C=CCC(CC1)C2=O. The Balaban J connectivity index is 2.40. The van der Waals surface area contributed by atoms with Crippen molar-refractivity contribution in [2.24, 2.45) is 11.3 Å². The second kappa shape index (κ2) is 2.69. The van der Waals surface area contributed by atoms with E-state index in [-0.39, 0.29) is 11.7 Å². The lowest BCUT2D eigenvalue weighted by atomic mass is 9.80. The topological polar surface area (TPSA) is 43.4 Å². The van der Waals surface area contributed by atoms with E-state index in [2.05, 4.69) is 4.74 Å². The number of rotatable bonds is 1. The number of esters is 1. The number of methoxy groups -OCH3 is 1. The Morgan fingerprint density at radius 1 is 1.69 bits per heavy atom. The molecule has 1 saturated carbocycles. The number of ether oxygens (including phenoxy) is 1. The lowest BCUT2D eigenvalue weighted by Gasteiger charge is -2.23. The van der Waals surface area contributed by atoms with Gasteiger partial charge in [-0.05, 0) is 19.3 Å². The smallest absolute Gasteiger partial charge is 0.323 e. The van der Waals surface area contributed by atoms with Crippen LogP contribution in [0, 0.1) is 11.3 Å². The average Bonchev–Trinajstić information content (AvgIpc) is 2.40. The van der Waals surface area contributed by atoms with Crippen LogP contribution in [0.1, 0.15) is 19.3 Å². The highest BCUT2D eigenvalue weighted by Gasteiger charge is 2.53. The lowest BCUT2D eigenvalue weighted by Crippen LogP contribution is -2.37. The second-order valence-electron chi connectivity index (χ2n) is 3.70. The van der Waals surface area contributed by atoms with Gasteiger partial charge in [0.1, 0.15) is 5.41 Å². The number of hydrogen-bond donors (Lipinski definition) is 0. The fourth-order valence-electron chi connectivity index (χ4n) is 2.30. The van der Waals surface area contributed by atoms with Crippen LogP contribution in [0.5, 0.6) is 0 Å². The highest BCUT2D eigenvalue weighted by atomic mass is 16.5. The van der Waals surface area contributed by atoms with Crippen molar-refractivity contribution in [1.29, 1.82) is 0 Å². The largest absolute Gasteiger partial charge is 0.468 e. The molecular formula is C10H12O3. The van der Waals surface area contributed by atoms with Gasteiger partial charge in [0.25, 0.3) is 0 Å². The Morgan fingerprint density at radius 3 is 3.15 bits per heavy atom. The van der Waals surface area contributed by atoms with Gasteiger partial charge in [-0.25, -0.2) is 0 Å². The van der Waals surface area contributed by atoms with Crippen molar-refractivity contribution in [2.75, 3.05) is 7.11 Å². The maximum absolute atomic E-state index is 11.8. The summed E-state index contributed by atoms with van der Waals surface area (Å²) in [6.07, 6.45) is 5.89. The van der Waals surface area contributed by atoms with E-state index in [1.165, 1.54) is 7.11 Å². The van der Waals surface area contributed by atoms with Gasteiger partial charge >= 0.3 is 5.97 Å². The van der Waals surface area contributed by atoms with E-state index in [0.717, 1.165) is 12.8 Å². The second-order valence-corrected chi connectivity index (χ2v) is 3.70. The first kappa shape index (κ1) is 8.48. The molecule has 0 aromatic rings. The molecule has 0 amide bonds. The van der Waals surface area contributed by atoms with Crippen molar-refractivity contribution < 1.29 is 14.3 Å². The quantitative estimate of drug-likeness (QED) is 0.344. The summed E-state index contributed by atoms with van der Waals surface area (Å²) in [5.74, 6) is -0.276. The molecule has 2 unspecified atom stereocenters. The Bertz CT molecular complexity index is 293. The van der Waals surface area contributed by atoms with E-state index in [9.17, 15) is 9.59 Å². The van der Waals surface area contributed by atoms with Gasteiger partial charge in [0, 0.05) is 5.92 Å². The van der Waals surface area contributed by atoms with E-state index in [1.54, 1.807) is 6.08 Å². The van der Waals surface area contributed by atoms with Gasteiger partial charge in [-0.15, -0.1) is 0 Å². The molecule has 0 spiro atoms.